The normalized spacial score (nSPS) is 19.1. The molecular weight excluding hydrogens is 396 g/mol. The van der Waals surface area contributed by atoms with Crippen LogP contribution in [-0.2, 0) is 6.54 Å². The van der Waals surface area contributed by atoms with E-state index in [1.807, 2.05) is 0 Å². The molecule has 0 spiro atoms. The molecule has 3 rings (SSSR count). The van der Waals surface area contributed by atoms with Gasteiger partial charge in [0.05, 0.1) is 8.95 Å². The maximum atomic E-state index is 5.97. The molecule has 1 aromatic carbocycles. The average molecular weight is 418 g/mol. The van der Waals surface area contributed by atoms with Crippen LogP contribution in [-0.4, -0.2) is 37.2 Å². The van der Waals surface area contributed by atoms with Crippen molar-refractivity contribution in [1.29, 1.82) is 0 Å². The quantitative estimate of drug-likeness (QED) is 0.727. The summed E-state index contributed by atoms with van der Waals surface area (Å²) in [6, 6.07) is 5.05. The maximum absolute atomic E-state index is 5.97. The minimum Gasteiger partial charge on any atom is -0.490 e. The van der Waals surface area contributed by atoms with Crippen LogP contribution in [0, 0.1) is 0 Å². The molecule has 0 aromatic heterocycles. The minimum atomic E-state index is 0.735. The molecule has 0 atom stereocenters. The molecule has 0 radical (unpaired) electrons. The molecule has 1 N–H and O–H groups in total. The lowest BCUT2D eigenvalue weighted by molar-refractivity contribution is 0.236. The van der Waals surface area contributed by atoms with Gasteiger partial charge in [0.2, 0.25) is 0 Å². The van der Waals surface area contributed by atoms with Crippen LogP contribution in [0.1, 0.15) is 31.2 Å². The van der Waals surface area contributed by atoms with E-state index in [-0.39, 0.29) is 0 Å². The van der Waals surface area contributed by atoms with Crippen molar-refractivity contribution in [2.24, 2.45) is 0 Å². The number of likely N-dealkylation sites (tertiary alicyclic amines) is 1. The van der Waals surface area contributed by atoms with Crippen LogP contribution in [0.3, 0.4) is 0 Å². The van der Waals surface area contributed by atoms with Crippen LogP contribution >= 0.6 is 31.9 Å². The zero-order valence-electron chi connectivity index (χ0n) is 12.2. The van der Waals surface area contributed by atoms with E-state index >= 15 is 0 Å². The van der Waals surface area contributed by atoms with E-state index in [4.69, 9.17) is 4.74 Å². The largest absolute Gasteiger partial charge is 0.490 e. The lowest BCUT2D eigenvalue weighted by atomic mass is 10.2. The molecule has 1 heterocycles. The standard InChI is InChI=1S/C16H22Br2N2O/c17-14-9-12(11-19-13-3-4-13)10-15(18)16(14)21-8-7-20-5-1-2-6-20/h9-10,13,19H,1-8,11H2. The van der Waals surface area contributed by atoms with Crippen LogP contribution in [0.2, 0.25) is 0 Å². The van der Waals surface area contributed by atoms with Crippen molar-refractivity contribution < 1.29 is 4.74 Å². The number of ether oxygens (including phenoxy) is 1. The highest BCUT2D eigenvalue weighted by Gasteiger charge is 2.20. The van der Waals surface area contributed by atoms with E-state index in [9.17, 15) is 0 Å². The molecule has 1 saturated heterocycles. The van der Waals surface area contributed by atoms with Gasteiger partial charge in [-0.05, 0) is 88.3 Å². The van der Waals surface area contributed by atoms with E-state index in [0.717, 1.165) is 40.4 Å². The Hall–Kier alpha value is -0.100. The third-order valence-corrected chi connectivity index (χ3v) is 5.26. The van der Waals surface area contributed by atoms with Crippen LogP contribution < -0.4 is 10.1 Å². The molecule has 1 aliphatic heterocycles. The number of hydrogen-bond donors (Lipinski definition) is 1. The molecule has 0 unspecified atom stereocenters. The molecule has 0 amide bonds. The summed E-state index contributed by atoms with van der Waals surface area (Å²) in [4.78, 5) is 2.47. The Bertz CT molecular complexity index is 462. The molecule has 1 saturated carbocycles. The summed E-state index contributed by atoms with van der Waals surface area (Å²) in [5.41, 5.74) is 1.28. The fourth-order valence-corrected chi connectivity index (χ4v) is 4.20. The SMILES string of the molecule is Brc1cc(CNC2CC2)cc(Br)c1OCCN1CCCC1. The molecule has 2 aliphatic rings. The second kappa shape index (κ2) is 7.44. The average Bonchev–Trinajstić information content (AvgIpc) is 3.14. The monoisotopic (exact) mass is 416 g/mol. The van der Waals surface area contributed by atoms with Gasteiger partial charge in [0.15, 0.2) is 0 Å². The first-order chi connectivity index (χ1) is 10.2. The van der Waals surface area contributed by atoms with Crippen LogP contribution in [0.4, 0.5) is 0 Å². The summed E-state index contributed by atoms with van der Waals surface area (Å²) in [5.74, 6) is 0.921. The highest BCUT2D eigenvalue weighted by atomic mass is 79.9. The van der Waals surface area contributed by atoms with E-state index < -0.39 is 0 Å². The van der Waals surface area contributed by atoms with Crippen molar-refractivity contribution in [3.63, 3.8) is 0 Å². The molecule has 21 heavy (non-hydrogen) atoms. The molecule has 0 bridgehead atoms. The van der Waals surface area contributed by atoms with E-state index in [0.29, 0.717) is 0 Å². The Labute approximate surface area is 143 Å². The minimum absolute atomic E-state index is 0.735. The molecule has 116 valence electrons. The fourth-order valence-electron chi connectivity index (χ4n) is 2.69. The van der Waals surface area contributed by atoms with Crippen LogP contribution in [0.15, 0.2) is 21.1 Å². The molecule has 1 aromatic rings. The first kappa shape index (κ1) is 15.8. The number of rotatable bonds is 7. The van der Waals surface area contributed by atoms with Gasteiger partial charge in [0.1, 0.15) is 12.4 Å². The van der Waals surface area contributed by atoms with Crippen molar-refractivity contribution in [1.82, 2.24) is 10.2 Å². The maximum Gasteiger partial charge on any atom is 0.147 e. The number of halogens is 2. The zero-order chi connectivity index (χ0) is 14.7. The van der Waals surface area contributed by atoms with E-state index in [1.54, 1.807) is 0 Å². The van der Waals surface area contributed by atoms with E-state index in [1.165, 1.54) is 44.3 Å². The van der Waals surface area contributed by atoms with Crippen LogP contribution in [0.25, 0.3) is 0 Å². The molecular formula is C16H22Br2N2O. The molecule has 5 heteroatoms. The molecule has 3 nitrogen and oxygen atoms in total. The van der Waals surface area contributed by atoms with Gasteiger partial charge in [-0.1, -0.05) is 0 Å². The first-order valence-electron chi connectivity index (χ1n) is 7.79. The highest BCUT2D eigenvalue weighted by molar-refractivity contribution is 9.11. The van der Waals surface area contributed by atoms with Gasteiger partial charge in [-0.25, -0.2) is 0 Å². The predicted molar refractivity (Wildman–Crippen MR) is 92.9 cm³/mol. The predicted octanol–water partition coefficient (Wildman–Crippen LogP) is 3.94. The van der Waals surface area contributed by atoms with Crippen molar-refractivity contribution in [3.8, 4) is 5.75 Å². The summed E-state index contributed by atoms with van der Waals surface area (Å²) in [5, 5.41) is 3.54. The lowest BCUT2D eigenvalue weighted by Gasteiger charge is -2.17. The van der Waals surface area contributed by atoms with Gasteiger partial charge in [-0.2, -0.15) is 0 Å². The summed E-state index contributed by atoms with van der Waals surface area (Å²) in [7, 11) is 0. The van der Waals surface area contributed by atoms with Crippen molar-refractivity contribution >= 4 is 31.9 Å². The summed E-state index contributed by atoms with van der Waals surface area (Å²) in [6.07, 6.45) is 5.30. The van der Waals surface area contributed by atoms with Gasteiger partial charge in [0, 0.05) is 19.1 Å². The zero-order valence-corrected chi connectivity index (χ0v) is 15.4. The number of hydrogen-bond acceptors (Lipinski definition) is 3. The van der Waals surface area contributed by atoms with Gasteiger partial charge in [-0.15, -0.1) is 0 Å². The Morgan fingerprint density at radius 1 is 1.14 bits per heavy atom. The second-order valence-corrected chi connectivity index (χ2v) is 7.65. The summed E-state index contributed by atoms with van der Waals surface area (Å²) < 4.78 is 8.03. The van der Waals surface area contributed by atoms with Crippen molar-refractivity contribution in [2.75, 3.05) is 26.2 Å². The lowest BCUT2D eigenvalue weighted by Crippen LogP contribution is -2.25. The first-order valence-corrected chi connectivity index (χ1v) is 9.37. The third-order valence-electron chi connectivity index (χ3n) is 4.08. The smallest absolute Gasteiger partial charge is 0.147 e. The topological polar surface area (TPSA) is 24.5 Å². The Balaban J connectivity index is 1.53. The Morgan fingerprint density at radius 3 is 2.43 bits per heavy atom. The molecule has 1 aliphatic carbocycles. The second-order valence-electron chi connectivity index (χ2n) is 5.94. The fraction of sp³-hybridized carbons (Fsp3) is 0.625. The Morgan fingerprint density at radius 2 is 1.81 bits per heavy atom. The summed E-state index contributed by atoms with van der Waals surface area (Å²) in [6.45, 7) is 5.13. The van der Waals surface area contributed by atoms with Gasteiger partial charge in [0.25, 0.3) is 0 Å². The Kier molecular flexibility index (Phi) is 5.60. The van der Waals surface area contributed by atoms with E-state index in [2.05, 4.69) is 54.2 Å². The van der Waals surface area contributed by atoms with Crippen LogP contribution in [0.5, 0.6) is 5.75 Å². The number of benzene rings is 1. The van der Waals surface area contributed by atoms with Crippen molar-refractivity contribution in [3.05, 3.63) is 26.6 Å². The van der Waals surface area contributed by atoms with Gasteiger partial charge < -0.3 is 10.1 Å². The van der Waals surface area contributed by atoms with Gasteiger partial charge >= 0.3 is 0 Å². The van der Waals surface area contributed by atoms with Crippen molar-refractivity contribution in [2.45, 2.75) is 38.3 Å². The third kappa shape index (κ3) is 4.68. The van der Waals surface area contributed by atoms with Gasteiger partial charge in [-0.3, -0.25) is 4.90 Å². The molecule has 2 fully saturated rings. The number of nitrogens with one attached hydrogen (secondary N) is 1. The number of nitrogens with zero attached hydrogens (tertiary/aromatic N) is 1. The highest BCUT2D eigenvalue weighted by Crippen LogP contribution is 2.35. The summed E-state index contributed by atoms with van der Waals surface area (Å²) >= 11 is 7.28.